The maximum Gasteiger partial charge on any atom is 0.134 e. The quantitative estimate of drug-likeness (QED) is 0.822. The van der Waals surface area contributed by atoms with Crippen molar-refractivity contribution in [2.45, 2.75) is 53.5 Å². The molecule has 0 spiro atoms. The van der Waals surface area contributed by atoms with E-state index in [2.05, 4.69) is 71.1 Å². The van der Waals surface area contributed by atoms with Gasteiger partial charge in [-0.3, -0.25) is 0 Å². The highest BCUT2D eigenvalue weighted by atomic mass is 16.3. The Morgan fingerprint density at radius 2 is 1.85 bits per heavy atom. The third-order valence-electron chi connectivity index (χ3n) is 3.78. The van der Waals surface area contributed by atoms with Crippen molar-refractivity contribution in [2.75, 3.05) is 6.54 Å². The molecule has 2 nitrogen and oxygen atoms in total. The Hall–Kier alpha value is -1.28. The fraction of sp³-hybridized carbons (Fsp3) is 0.556. The van der Waals surface area contributed by atoms with E-state index >= 15 is 0 Å². The van der Waals surface area contributed by atoms with Crippen LogP contribution < -0.4 is 5.32 Å². The van der Waals surface area contributed by atoms with Crippen molar-refractivity contribution in [2.24, 2.45) is 5.41 Å². The molecular formula is C18H27NO. The highest BCUT2D eigenvalue weighted by molar-refractivity contribution is 5.79. The van der Waals surface area contributed by atoms with Gasteiger partial charge in [0.15, 0.2) is 0 Å². The fourth-order valence-corrected chi connectivity index (χ4v) is 2.62. The van der Waals surface area contributed by atoms with Gasteiger partial charge < -0.3 is 9.73 Å². The third kappa shape index (κ3) is 3.06. The summed E-state index contributed by atoms with van der Waals surface area (Å²) >= 11 is 0. The molecule has 0 aliphatic rings. The van der Waals surface area contributed by atoms with Crippen molar-refractivity contribution < 1.29 is 4.42 Å². The van der Waals surface area contributed by atoms with Crippen molar-refractivity contribution in [3.8, 4) is 0 Å². The van der Waals surface area contributed by atoms with Gasteiger partial charge in [0.2, 0.25) is 0 Å². The van der Waals surface area contributed by atoms with Gasteiger partial charge in [0.1, 0.15) is 11.3 Å². The van der Waals surface area contributed by atoms with Crippen LogP contribution in [0.15, 0.2) is 28.7 Å². The van der Waals surface area contributed by atoms with E-state index in [4.69, 9.17) is 4.42 Å². The molecule has 2 rings (SSSR count). The lowest BCUT2D eigenvalue weighted by Crippen LogP contribution is -2.31. The van der Waals surface area contributed by atoms with Gasteiger partial charge in [-0.05, 0) is 41.6 Å². The summed E-state index contributed by atoms with van der Waals surface area (Å²) in [6.45, 7) is 14.2. The van der Waals surface area contributed by atoms with Crippen LogP contribution in [0.4, 0.5) is 0 Å². The summed E-state index contributed by atoms with van der Waals surface area (Å²) in [5, 5.41) is 4.75. The first-order valence-corrected chi connectivity index (χ1v) is 7.59. The van der Waals surface area contributed by atoms with Gasteiger partial charge in [0.25, 0.3) is 0 Å². The van der Waals surface area contributed by atoms with E-state index in [0.717, 1.165) is 17.9 Å². The normalized spacial score (nSPS) is 14.2. The predicted octanol–water partition coefficient (Wildman–Crippen LogP) is 5.25. The van der Waals surface area contributed by atoms with Gasteiger partial charge >= 0.3 is 0 Å². The zero-order chi connectivity index (χ0) is 14.9. The number of fused-ring (bicyclic) bond motifs is 1. The highest BCUT2D eigenvalue weighted by Gasteiger charge is 2.28. The molecule has 0 radical (unpaired) electrons. The van der Waals surface area contributed by atoms with E-state index in [1.807, 2.05) is 0 Å². The third-order valence-corrected chi connectivity index (χ3v) is 3.78. The standard InChI is InChI=1S/C18H27NO/c1-7-19-17(18(4,5)6)16-11-14-10-13(12(2)3)8-9-15(14)20-16/h8-12,17,19H,7H2,1-6H3. The minimum atomic E-state index is 0.130. The largest absolute Gasteiger partial charge is 0.459 e. The molecule has 1 atom stereocenters. The number of hydrogen-bond acceptors (Lipinski definition) is 2. The van der Waals surface area contributed by atoms with Crippen LogP contribution in [0.5, 0.6) is 0 Å². The van der Waals surface area contributed by atoms with Crippen LogP contribution in [0.1, 0.15) is 64.8 Å². The van der Waals surface area contributed by atoms with Crippen molar-refractivity contribution in [3.05, 3.63) is 35.6 Å². The molecule has 2 aromatic rings. The van der Waals surface area contributed by atoms with Crippen LogP contribution >= 0.6 is 0 Å². The molecule has 0 fully saturated rings. The van der Waals surface area contributed by atoms with Crippen LogP contribution in [-0.4, -0.2) is 6.54 Å². The topological polar surface area (TPSA) is 25.2 Å². The Labute approximate surface area is 122 Å². The van der Waals surface area contributed by atoms with E-state index in [1.54, 1.807) is 0 Å². The van der Waals surface area contributed by atoms with Crippen molar-refractivity contribution >= 4 is 11.0 Å². The maximum atomic E-state index is 6.08. The molecular weight excluding hydrogens is 246 g/mol. The molecule has 2 heteroatoms. The van der Waals surface area contributed by atoms with Crippen molar-refractivity contribution in [1.29, 1.82) is 0 Å². The molecule has 0 aliphatic heterocycles. The number of hydrogen-bond donors (Lipinski definition) is 1. The highest BCUT2D eigenvalue weighted by Crippen LogP contribution is 2.36. The lowest BCUT2D eigenvalue weighted by molar-refractivity contribution is 0.244. The minimum absolute atomic E-state index is 0.130. The van der Waals surface area contributed by atoms with Gasteiger partial charge in [0.05, 0.1) is 6.04 Å². The summed E-state index contributed by atoms with van der Waals surface area (Å²) in [5.74, 6) is 1.58. The zero-order valence-corrected chi connectivity index (χ0v) is 13.6. The minimum Gasteiger partial charge on any atom is -0.459 e. The Bertz CT molecular complexity index is 575. The SMILES string of the molecule is CCNC(c1cc2cc(C(C)C)ccc2o1)C(C)(C)C. The van der Waals surface area contributed by atoms with Gasteiger partial charge in [-0.15, -0.1) is 0 Å². The van der Waals surface area contributed by atoms with Gasteiger partial charge in [-0.1, -0.05) is 47.6 Å². The van der Waals surface area contributed by atoms with E-state index in [-0.39, 0.29) is 11.5 Å². The predicted molar refractivity (Wildman–Crippen MR) is 86.2 cm³/mol. The Morgan fingerprint density at radius 1 is 1.15 bits per heavy atom. The Kier molecular flexibility index (Phi) is 4.24. The molecule has 1 aromatic carbocycles. The second-order valence-electron chi connectivity index (χ2n) is 6.96. The van der Waals surface area contributed by atoms with Gasteiger partial charge in [-0.2, -0.15) is 0 Å². The fourth-order valence-electron chi connectivity index (χ4n) is 2.62. The monoisotopic (exact) mass is 273 g/mol. The molecule has 1 aromatic heterocycles. The number of rotatable bonds is 4. The molecule has 0 saturated heterocycles. The summed E-state index contributed by atoms with van der Waals surface area (Å²) in [5.41, 5.74) is 2.47. The van der Waals surface area contributed by atoms with Crippen LogP contribution in [0, 0.1) is 5.41 Å². The second-order valence-corrected chi connectivity index (χ2v) is 6.96. The average Bonchev–Trinajstić information content (AvgIpc) is 2.76. The van der Waals surface area contributed by atoms with Crippen molar-refractivity contribution in [3.63, 3.8) is 0 Å². The van der Waals surface area contributed by atoms with Gasteiger partial charge in [-0.25, -0.2) is 0 Å². The maximum absolute atomic E-state index is 6.08. The van der Waals surface area contributed by atoms with Crippen LogP contribution in [0.3, 0.4) is 0 Å². The number of nitrogens with one attached hydrogen (secondary N) is 1. The molecule has 0 bridgehead atoms. The number of benzene rings is 1. The van der Waals surface area contributed by atoms with Crippen LogP contribution in [-0.2, 0) is 0 Å². The van der Waals surface area contributed by atoms with Crippen LogP contribution in [0.2, 0.25) is 0 Å². The smallest absolute Gasteiger partial charge is 0.134 e. The van der Waals surface area contributed by atoms with E-state index in [0.29, 0.717) is 5.92 Å². The molecule has 1 unspecified atom stereocenters. The lowest BCUT2D eigenvalue weighted by Gasteiger charge is -2.29. The number of furan rings is 1. The van der Waals surface area contributed by atoms with Gasteiger partial charge in [0, 0.05) is 5.39 Å². The first kappa shape index (κ1) is 15.1. The van der Waals surface area contributed by atoms with Crippen LogP contribution in [0.25, 0.3) is 11.0 Å². The first-order valence-electron chi connectivity index (χ1n) is 7.59. The molecule has 1 heterocycles. The van der Waals surface area contributed by atoms with E-state index < -0.39 is 0 Å². The van der Waals surface area contributed by atoms with E-state index in [9.17, 15) is 0 Å². The molecule has 0 amide bonds. The Morgan fingerprint density at radius 3 is 2.40 bits per heavy atom. The van der Waals surface area contributed by atoms with E-state index in [1.165, 1.54) is 10.9 Å². The Balaban J connectivity index is 2.44. The first-order chi connectivity index (χ1) is 9.32. The molecule has 110 valence electrons. The van der Waals surface area contributed by atoms with Crippen molar-refractivity contribution in [1.82, 2.24) is 5.32 Å². The lowest BCUT2D eigenvalue weighted by atomic mass is 9.85. The summed E-state index contributed by atoms with van der Waals surface area (Å²) in [6.07, 6.45) is 0. The zero-order valence-electron chi connectivity index (χ0n) is 13.6. The summed E-state index contributed by atoms with van der Waals surface area (Å²) in [7, 11) is 0. The molecule has 20 heavy (non-hydrogen) atoms. The second kappa shape index (κ2) is 5.61. The summed E-state index contributed by atoms with van der Waals surface area (Å²) in [4.78, 5) is 0. The average molecular weight is 273 g/mol. The molecule has 1 N–H and O–H groups in total. The molecule has 0 aliphatic carbocycles. The molecule has 0 saturated carbocycles. The summed E-state index contributed by atoms with van der Waals surface area (Å²) in [6, 6.07) is 8.94. The summed E-state index contributed by atoms with van der Waals surface area (Å²) < 4.78 is 6.08.